The van der Waals surface area contributed by atoms with Crippen molar-refractivity contribution in [2.24, 2.45) is 0 Å². The van der Waals surface area contributed by atoms with Gasteiger partial charge in [-0.1, -0.05) is 11.6 Å². The zero-order chi connectivity index (χ0) is 20.6. The van der Waals surface area contributed by atoms with Crippen LogP contribution >= 0.6 is 11.6 Å². The Labute approximate surface area is 171 Å². The molecule has 0 spiro atoms. The highest BCUT2D eigenvalue weighted by atomic mass is 35.5. The van der Waals surface area contributed by atoms with Gasteiger partial charge in [-0.15, -0.1) is 0 Å². The number of nitrogens with zero attached hydrogens (tertiary/aromatic N) is 3. The van der Waals surface area contributed by atoms with Gasteiger partial charge in [-0.3, -0.25) is 0 Å². The average Bonchev–Trinajstić information content (AvgIpc) is 2.68. The van der Waals surface area contributed by atoms with Gasteiger partial charge in [0.05, 0.1) is 5.02 Å². The van der Waals surface area contributed by atoms with Gasteiger partial charge in [0, 0.05) is 31.0 Å². The maximum atomic E-state index is 13.1. The number of aromatic nitrogens is 3. The van der Waals surface area contributed by atoms with Crippen LogP contribution in [0.25, 0.3) is 0 Å². The first-order valence-electron chi connectivity index (χ1n) is 8.75. The molecule has 0 aliphatic heterocycles. The van der Waals surface area contributed by atoms with Crippen molar-refractivity contribution < 1.29 is 9.18 Å². The topological polar surface area (TPSA) is 104 Å². The van der Waals surface area contributed by atoms with Crippen molar-refractivity contribution in [1.82, 2.24) is 20.3 Å². The molecule has 0 atom stereocenters. The first kappa shape index (κ1) is 20.3. The van der Waals surface area contributed by atoms with Crippen molar-refractivity contribution in [1.29, 1.82) is 0 Å². The zero-order valence-electron chi connectivity index (χ0n) is 15.5. The number of benzene rings is 1. The van der Waals surface area contributed by atoms with Gasteiger partial charge in [0.2, 0.25) is 0 Å². The molecule has 0 unspecified atom stereocenters. The molecule has 0 aliphatic carbocycles. The van der Waals surface area contributed by atoms with Crippen molar-refractivity contribution in [2.75, 3.05) is 29.0 Å². The predicted molar refractivity (Wildman–Crippen MR) is 111 cm³/mol. The maximum Gasteiger partial charge on any atom is 0.319 e. The molecule has 0 radical (unpaired) electrons. The Hall–Kier alpha value is -3.46. The van der Waals surface area contributed by atoms with Crippen LogP contribution in [-0.2, 0) is 0 Å². The standard InChI is InChI=1S/C19H19ClFN7O/c1-12-4-5-22-17(8-12)28-18-10-16(25-11-26-18)23-6-7-24-19(29)27-13-2-3-15(21)14(20)9-13/h2-5,8-11H,6-7H2,1H3,(H2,24,27,29)(H2,22,23,25,26,28). The van der Waals surface area contributed by atoms with E-state index in [2.05, 4.69) is 36.2 Å². The number of carbonyl (C=O) groups is 1. The van der Waals surface area contributed by atoms with Crippen LogP contribution in [0.2, 0.25) is 5.02 Å². The Balaban J connectivity index is 1.44. The van der Waals surface area contributed by atoms with E-state index in [1.165, 1.54) is 24.5 Å². The molecule has 2 amide bonds. The summed E-state index contributed by atoms with van der Waals surface area (Å²) in [7, 11) is 0. The normalized spacial score (nSPS) is 10.3. The summed E-state index contributed by atoms with van der Waals surface area (Å²) in [6, 6.07) is 9.09. The molecule has 2 aromatic heterocycles. The molecule has 0 bridgehead atoms. The highest BCUT2D eigenvalue weighted by Gasteiger charge is 2.05. The molecule has 0 saturated heterocycles. The maximum absolute atomic E-state index is 13.1. The van der Waals surface area contributed by atoms with E-state index in [0.29, 0.717) is 36.2 Å². The van der Waals surface area contributed by atoms with Crippen molar-refractivity contribution >= 4 is 40.8 Å². The van der Waals surface area contributed by atoms with Crippen LogP contribution in [0.15, 0.2) is 48.9 Å². The Morgan fingerprint density at radius 3 is 2.62 bits per heavy atom. The quantitative estimate of drug-likeness (QED) is 0.435. The number of hydrogen-bond donors (Lipinski definition) is 4. The van der Waals surface area contributed by atoms with E-state index in [4.69, 9.17) is 11.6 Å². The van der Waals surface area contributed by atoms with E-state index in [-0.39, 0.29) is 5.02 Å². The van der Waals surface area contributed by atoms with E-state index in [1.807, 2.05) is 19.1 Å². The zero-order valence-corrected chi connectivity index (χ0v) is 16.3. The fraction of sp³-hybridized carbons (Fsp3) is 0.158. The lowest BCUT2D eigenvalue weighted by Gasteiger charge is -2.10. The number of anilines is 4. The Bertz CT molecular complexity index is 1000. The molecule has 3 aromatic rings. The van der Waals surface area contributed by atoms with Gasteiger partial charge in [-0.2, -0.15) is 0 Å². The van der Waals surface area contributed by atoms with Gasteiger partial charge in [0.25, 0.3) is 0 Å². The third-order valence-electron chi connectivity index (χ3n) is 3.73. The Morgan fingerprint density at radius 2 is 1.83 bits per heavy atom. The van der Waals surface area contributed by atoms with Crippen LogP contribution in [0, 0.1) is 12.7 Å². The molecule has 3 rings (SSSR count). The largest absolute Gasteiger partial charge is 0.368 e. The molecule has 0 aliphatic rings. The number of hydrogen-bond acceptors (Lipinski definition) is 6. The molecule has 1 aromatic carbocycles. The van der Waals surface area contributed by atoms with Gasteiger partial charge in [-0.25, -0.2) is 24.1 Å². The molecule has 0 saturated carbocycles. The monoisotopic (exact) mass is 415 g/mol. The molecular formula is C19H19ClFN7O. The molecule has 29 heavy (non-hydrogen) atoms. The summed E-state index contributed by atoms with van der Waals surface area (Å²) in [6.07, 6.45) is 3.15. The molecule has 0 fully saturated rings. The minimum atomic E-state index is -0.543. The van der Waals surface area contributed by atoms with Gasteiger partial charge >= 0.3 is 6.03 Å². The van der Waals surface area contributed by atoms with Crippen molar-refractivity contribution in [3.8, 4) is 0 Å². The van der Waals surface area contributed by atoms with E-state index >= 15 is 0 Å². The number of amides is 2. The second kappa shape index (κ2) is 9.65. The molecule has 8 nitrogen and oxygen atoms in total. The highest BCUT2D eigenvalue weighted by Crippen LogP contribution is 2.19. The lowest BCUT2D eigenvalue weighted by Crippen LogP contribution is -2.32. The summed E-state index contributed by atoms with van der Waals surface area (Å²) in [5.74, 6) is 1.34. The Morgan fingerprint density at radius 1 is 1.03 bits per heavy atom. The Kier molecular flexibility index (Phi) is 6.75. The number of urea groups is 1. The second-order valence-corrected chi connectivity index (χ2v) is 6.48. The lowest BCUT2D eigenvalue weighted by molar-refractivity contribution is 0.252. The van der Waals surface area contributed by atoms with Crippen LogP contribution < -0.4 is 21.3 Å². The van der Waals surface area contributed by atoms with E-state index in [0.717, 1.165) is 5.56 Å². The SMILES string of the molecule is Cc1ccnc(Nc2cc(NCCNC(=O)Nc3ccc(F)c(Cl)c3)ncn2)c1. The summed E-state index contributed by atoms with van der Waals surface area (Å²) in [5, 5.41) is 11.4. The first-order valence-corrected chi connectivity index (χ1v) is 9.13. The molecular weight excluding hydrogens is 397 g/mol. The third-order valence-corrected chi connectivity index (χ3v) is 4.02. The lowest BCUT2D eigenvalue weighted by atomic mass is 10.3. The summed E-state index contributed by atoms with van der Waals surface area (Å²) < 4.78 is 13.1. The molecule has 10 heteroatoms. The highest BCUT2D eigenvalue weighted by molar-refractivity contribution is 6.31. The minimum absolute atomic E-state index is 0.0569. The smallest absolute Gasteiger partial charge is 0.319 e. The van der Waals surface area contributed by atoms with Crippen molar-refractivity contribution in [2.45, 2.75) is 6.92 Å². The average molecular weight is 416 g/mol. The minimum Gasteiger partial charge on any atom is -0.368 e. The third kappa shape index (κ3) is 6.28. The summed E-state index contributed by atoms with van der Waals surface area (Å²) in [6.45, 7) is 2.76. The van der Waals surface area contributed by atoms with E-state index < -0.39 is 11.8 Å². The van der Waals surface area contributed by atoms with Gasteiger partial charge in [0.15, 0.2) is 0 Å². The molecule has 4 N–H and O–H groups in total. The number of aryl methyl sites for hydroxylation is 1. The first-order chi connectivity index (χ1) is 14.0. The number of nitrogens with one attached hydrogen (secondary N) is 4. The van der Waals surface area contributed by atoms with Gasteiger partial charge < -0.3 is 21.3 Å². The summed E-state index contributed by atoms with van der Waals surface area (Å²) in [4.78, 5) is 24.4. The van der Waals surface area contributed by atoms with Crippen LogP contribution in [0.5, 0.6) is 0 Å². The van der Waals surface area contributed by atoms with Gasteiger partial charge in [-0.05, 0) is 42.8 Å². The van der Waals surface area contributed by atoms with E-state index in [9.17, 15) is 9.18 Å². The summed E-state index contributed by atoms with van der Waals surface area (Å²) in [5.41, 5.74) is 1.49. The number of pyridine rings is 1. The van der Waals surface area contributed by atoms with Gasteiger partial charge in [0.1, 0.15) is 29.6 Å². The second-order valence-electron chi connectivity index (χ2n) is 6.07. The van der Waals surface area contributed by atoms with Crippen LogP contribution in [0.4, 0.5) is 32.3 Å². The predicted octanol–water partition coefficient (Wildman–Crippen LogP) is 3.95. The van der Waals surface area contributed by atoms with Crippen LogP contribution in [0.1, 0.15) is 5.56 Å². The number of halogens is 2. The number of rotatable bonds is 7. The van der Waals surface area contributed by atoms with Crippen molar-refractivity contribution in [3.05, 3.63) is 65.3 Å². The molecule has 150 valence electrons. The molecule has 2 heterocycles. The fourth-order valence-corrected chi connectivity index (χ4v) is 2.55. The van der Waals surface area contributed by atoms with Crippen molar-refractivity contribution in [3.63, 3.8) is 0 Å². The number of carbonyl (C=O) groups excluding carboxylic acids is 1. The summed E-state index contributed by atoms with van der Waals surface area (Å²) >= 11 is 5.69. The van der Waals surface area contributed by atoms with E-state index in [1.54, 1.807) is 12.3 Å². The van der Waals surface area contributed by atoms with Crippen LogP contribution in [0.3, 0.4) is 0 Å². The fourth-order valence-electron chi connectivity index (χ4n) is 2.37. The van der Waals surface area contributed by atoms with Crippen LogP contribution in [-0.4, -0.2) is 34.1 Å².